The average molecular weight is 250 g/mol. The Labute approximate surface area is 106 Å². The van der Waals surface area contributed by atoms with Crippen molar-refractivity contribution in [3.05, 3.63) is 17.0 Å². The van der Waals surface area contributed by atoms with Gasteiger partial charge in [-0.05, 0) is 13.8 Å². The van der Waals surface area contributed by atoms with Crippen molar-refractivity contribution in [3.63, 3.8) is 0 Å². The molecule has 1 aliphatic heterocycles. The van der Waals surface area contributed by atoms with Gasteiger partial charge < -0.3 is 10.1 Å². The first-order valence-electron chi connectivity index (χ1n) is 6.04. The molecule has 0 aliphatic carbocycles. The second-order valence-corrected chi connectivity index (χ2v) is 4.63. The van der Waals surface area contributed by atoms with Gasteiger partial charge in [0.25, 0.3) is 5.91 Å². The lowest BCUT2D eigenvalue weighted by atomic mass is 10.1. The monoisotopic (exact) mass is 250 g/mol. The van der Waals surface area contributed by atoms with E-state index in [1.807, 2.05) is 20.9 Å². The van der Waals surface area contributed by atoms with Crippen molar-refractivity contribution in [1.29, 1.82) is 0 Å². The minimum atomic E-state index is 0.0232. The summed E-state index contributed by atoms with van der Waals surface area (Å²) in [6.07, 6.45) is 1.28. The van der Waals surface area contributed by atoms with E-state index in [9.17, 15) is 4.79 Å². The Kier molecular flexibility index (Phi) is 3.36. The zero-order valence-corrected chi connectivity index (χ0v) is 11.0. The zero-order valence-electron chi connectivity index (χ0n) is 11.0. The molecule has 1 fully saturated rings. The number of likely N-dealkylation sites (tertiary alicyclic amines) is 1. The van der Waals surface area contributed by atoms with E-state index < -0.39 is 0 Å². The fourth-order valence-electron chi connectivity index (χ4n) is 2.31. The van der Waals surface area contributed by atoms with Crippen LogP contribution in [0.15, 0.2) is 5.16 Å². The van der Waals surface area contributed by atoms with Crippen molar-refractivity contribution in [2.24, 2.45) is 12.2 Å². The van der Waals surface area contributed by atoms with Crippen molar-refractivity contribution in [2.75, 3.05) is 13.1 Å². The Hall–Kier alpha value is -1.85. The molecule has 1 amide bonds. The molecule has 0 saturated carbocycles. The molecular formula is C12H18N4O2. The topological polar surface area (TPSA) is 70.7 Å². The third kappa shape index (κ3) is 2.10. The average Bonchev–Trinajstić information content (AvgIpc) is 2.63. The van der Waals surface area contributed by atoms with E-state index in [1.165, 1.54) is 0 Å². The molecule has 0 aromatic carbocycles. The Morgan fingerprint density at radius 1 is 1.33 bits per heavy atom. The number of aromatic nitrogens is 2. The summed E-state index contributed by atoms with van der Waals surface area (Å²) in [6.45, 7) is 4.96. The normalized spacial score (nSPS) is 15.9. The standard InChI is InChI=1S/C12H18N4O2/c1-8-11(9(2)15(3)13-8)12(17)16-6-4-10(14-18)5-7-16/h18H,4-7H2,1-3H3. The minimum Gasteiger partial charge on any atom is -0.411 e. The first-order valence-corrected chi connectivity index (χ1v) is 6.04. The van der Waals surface area contributed by atoms with Gasteiger partial charge >= 0.3 is 0 Å². The lowest BCUT2D eigenvalue weighted by molar-refractivity contribution is 0.0752. The number of hydrogen-bond donors (Lipinski definition) is 1. The van der Waals surface area contributed by atoms with Gasteiger partial charge in [0.15, 0.2) is 0 Å². The van der Waals surface area contributed by atoms with E-state index in [1.54, 1.807) is 9.58 Å². The van der Waals surface area contributed by atoms with Crippen LogP contribution in [0.2, 0.25) is 0 Å². The zero-order chi connectivity index (χ0) is 13.3. The lowest BCUT2D eigenvalue weighted by Gasteiger charge is -2.27. The third-order valence-electron chi connectivity index (χ3n) is 3.49. The summed E-state index contributed by atoms with van der Waals surface area (Å²) in [6, 6.07) is 0. The quantitative estimate of drug-likeness (QED) is 0.599. The van der Waals surface area contributed by atoms with Crippen LogP contribution in [-0.4, -0.2) is 44.6 Å². The van der Waals surface area contributed by atoms with Crippen LogP contribution in [0.4, 0.5) is 0 Å². The highest BCUT2D eigenvalue weighted by molar-refractivity contribution is 5.97. The summed E-state index contributed by atoms with van der Waals surface area (Å²) in [4.78, 5) is 14.2. The second-order valence-electron chi connectivity index (χ2n) is 4.63. The summed E-state index contributed by atoms with van der Waals surface area (Å²) in [5.41, 5.74) is 3.11. The molecule has 1 N–H and O–H groups in total. The predicted molar refractivity (Wildman–Crippen MR) is 67.0 cm³/mol. The van der Waals surface area contributed by atoms with Crippen LogP contribution in [0.3, 0.4) is 0 Å². The minimum absolute atomic E-state index is 0.0232. The first-order chi connectivity index (χ1) is 8.54. The third-order valence-corrected chi connectivity index (χ3v) is 3.49. The van der Waals surface area contributed by atoms with Gasteiger partial charge in [-0.15, -0.1) is 0 Å². The van der Waals surface area contributed by atoms with Gasteiger partial charge in [0.05, 0.1) is 17.0 Å². The Morgan fingerprint density at radius 3 is 2.39 bits per heavy atom. The van der Waals surface area contributed by atoms with Crippen molar-refractivity contribution in [1.82, 2.24) is 14.7 Å². The molecule has 18 heavy (non-hydrogen) atoms. The number of amides is 1. The molecular weight excluding hydrogens is 232 g/mol. The lowest BCUT2D eigenvalue weighted by Crippen LogP contribution is -2.39. The van der Waals surface area contributed by atoms with Gasteiger partial charge in [0.2, 0.25) is 0 Å². The van der Waals surface area contributed by atoms with E-state index in [2.05, 4.69) is 10.3 Å². The number of oxime groups is 1. The molecule has 0 unspecified atom stereocenters. The number of carbonyl (C=O) groups excluding carboxylic acids is 1. The van der Waals surface area contributed by atoms with Crippen molar-refractivity contribution >= 4 is 11.6 Å². The van der Waals surface area contributed by atoms with Crippen molar-refractivity contribution in [2.45, 2.75) is 26.7 Å². The van der Waals surface area contributed by atoms with Crippen LogP contribution in [0.5, 0.6) is 0 Å². The number of carbonyl (C=O) groups is 1. The molecule has 1 aliphatic rings. The maximum Gasteiger partial charge on any atom is 0.257 e. The molecule has 0 radical (unpaired) electrons. The van der Waals surface area contributed by atoms with Crippen LogP contribution in [-0.2, 0) is 7.05 Å². The maximum atomic E-state index is 12.4. The fourth-order valence-corrected chi connectivity index (χ4v) is 2.31. The predicted octanol–water partition coefficient (Wildman–Crippen LogP) is 1.10. The molecule has 98 valence electrons. The first kappa shape index (κ1) is 12.6. The van der Waals surface area contributed by atoms with Crippen molar-refractivity contribution < 1.29 is 10.0 Å². The van der Waals surface area contributed by atoms with Gasteiger partial charge in [-0.2, -0.15) is 5.10 Å². The van der Waals surface area contributed by atoms with Crippen LogP contribution in [0.1, 0.15) is 34.6 Å². The van der Waals surface area contributed by atoms with Gasteiger partial charge in [-0.3, -0.25) is 9.48 Å². The van der Waals surface area contributed by atoms with E-state index >= 15 is 0 Å². The molecule has 0 atom stereocenters. The number of rotatable bonds is 1. The Morgan fingerprint density at radius 2 is 1.94 bits per heavy atom. The van der Waals surface area contributed by atoms with Crippen LogP contribution < -0.4 is 0 Å². The fraction of sp³-hybridized carbons (Fsp3) is 0.583. The SMILES string of the molecule is Cc1nn(C)c(C)c1C(=O)N1CCC(=NO)CC1. The molecule has 1 saturated heterocycles. The molecule has 1 aromatic rings. The summed E-state index contributed by atoms with van der Waals surface area (Å²) in [7, 11) is 1.84. The molecule has 1 aromatic heterocycles. The summed E-state index contributed by atoms with van der Waals surface area (Å²) < 4.78 is 1.73. The van der Waals surface area contributed by atoms with Gasteiger partial charge in [-0.25, -0.2) is 0 Å². The Bertz CT molecular complexity index is 494. The largest absolute Gasteiger partial charge is 0.411 e. The van der Waals surface area contributed by atoms with E-state index in [4.69, 9.17) is 5.21 Å². The van der Waals surface area contributed by atoms with Gasteiger partial charge in [0.1, 0.15) is 0 Å². The summed E-state index contributed by atoms with van der Waals surface area (Å²) in [5, 5.41) is 16.2. The molecule has 0 spiro atoms. The molecule has 2 rings (SSSR count). The van der Waals surface area contributed by atoms with Crippen molar-refractivity contribution in [3.8, 4) is 0 Å². The Balaban J connectivity index is 2.17. The molecule has 0 bridgehead atoms. The van der Waals surface area contributed by atoms with Gasteiger partial charge in [0, 0.05) is 38.7 Å². The van der Waals surface area contributed by atoms with Gasteiger partial charge in [-0.1, -0.05) is 5.16 Å². The number of nitrogens with zero attached hydrogens (tertiary/aromatic N) is 4. The molecule has 6 heteroatoms. The number of piperidine rings is 1. The van der Waals surface area contributed by atoms with E-state index in [0.717, 1.165) is 17.1 Å². The maximum absolute atomic E-state index is 12.4. The highest BCUT2D eigenvalue weighted by atomic mass is 16.4. The smallest absolute Gasteiger partial charge is 0.257 e. The number of aryl methyl sites for hydroxylation is 2. The van der Waals surface area contributed by atoms with E-state index in [0.29, 0.717) is 31.5 Å². The highest BCUT2D eigenvalue weighted by Crippen LogP contribution is 2.17. The highest BCUT2D eigenvalue weighted by Gasteiger charge is 2.25. The summed E-state index contributed by atoms with van der Waals surface area (Å²) in [5.74, 6) is 0.0232. The summed E-state index contributed by atoms with van der Waals surface area (Å²) >= 11 is 0. The van der Waals surface area contributed by atoms with Crippen LogP contribution >= 0.6 is 0 Å². The van der Waals surface area contributed by atoms with Crippen LogP contribution in [0.25, 0.3) is 0 Å². The molecule has 2 heterocycles. The second kappa shape index (κ2) is 4.80. The molecule has 6 nitrogen and oxygen atoms in total. The van der Waals surface area contributed by atoms with Crippen LogP contribution in [0, 0.1) is 13.8 Å². The van der Waals surface area contributed by atoms with E-state index in [-0.39, 0.29) is 5.91 Å². The number of hydrogen-bond acceptors (Lipinski definition) is 4.